The minimum absolute atomic E-state index is 0.0299. The van der Waals surface area contributed by atoms with Crippen LogP contribution >= 0.6 is 23.2 Å². The zero-order chi connectivity index (χ0) is 31.9. The fourth-order valence-corrected chi connectivity index (χ4v) is 6.14. The Kier molecular flexibility index (Phi) is 9.61. The van der Waals surface area contributed by atoms with Crippen LogP contribution in [-0.4, -0.2) is 71.7 Å². The zero-order valence-corrected chi connectivity index (χ0v) is 24.7. The lowest BCUT2D eigenvalue weighted by Gasteiger charge is -2.44. The Morgan fingerprint density at radius 2 is 1.47 bits per heavy atom. The summed E-state index contributed by atoms with van der Waals surface area (Å²) in [6.07, 6.45) is -8.78. The standard InChI is InChI=1S/C29H29Cl2F6N3O3/c1-16(41)39-8-3-4-18(14-39)27(43)40-9-7-25(22(15-40)17-5-6-23(30)24(31)12-17)38(2)26(42)19-10-20(28(32,33)34)13-21(11-19)29(35,36)37/h5-6,10-13,18,22,25H,3-4,7-9,14-15H2,1-2H3/t18?,22-,25+/m0/s1. The molecule has 0 N–H and O–H groups in total. The van der Waals surface area contributed by atoms with Gasteiger partial charge in [-0.1, -0.05) is 29.3 Å². The number of hydrogen-bond donors (Lipinski definition) is 0. The van der Waals surface area contributed by atoms with E-state index >= 15 is 0 Å². The molecule has 0 aliphatic carbocycles. The molecule has 0 aromatic heterocycles. The molecular weight excluding hydrogens is 623 g/mol. The van der Waals surface area contributed by atoms with E-state index in [0.717, 1.165) is 4.90 Å². The topological polar surface area (TPSA) is 60.9 Å². The van der Waals surface area contributed by atoms with Gasteiger partial charge in [-0.15, -0.1) is 0 Å². The van der Waals surface area contributed by atoms with Gasteiger partial charge >= 0.3 is 12.4 Å². The first-order valence-corrected chi connectivity index (χ1v) is 14.3. The molecule has 1 unspecified atom stereocenters. The summed E-state index contributed by atoms with van der Waals surface area (Å²) in [4.78, 5) is 43.3. The Morgan fingerprint density at radius 1 is 0.837 bits per heavy atom. The molecule has 0 bridgehead atoms. The van der Waals surface area contributed by atoms with Gasteiger partial charge in [0.25, 0.3) is 5.91 Å². The van der Waals surface area contributed by atoms with Crippen molar-refractivity contribution >= 4 is 40.9 Å². The molecule has 2 aromatic carbocycles. The number of likely N-dealkylation sites (N-methyl/N-ethyl adjacent to an activating group) is 1. The number of amides is 3. The third kappa shape index (κ3) is 7.39. The lowest BCUT2D eigenvalue weighted by Crippen LogP contribution is -2.54. The van der Waals surface area contributed by atoms with Gasteiger partial charge in [0.05, 0.1) is 27.1 Å². The molecule has 2 heterocycles. The van der Waals surface area contributed by atoms with Gasteiger partial charge < -0.3 is 14.7 Å². The Hall–Kier alpha value is -2.99. The molecule has 0 radical (unpaired) electrons. The Morgan fingerprint density at radius 3 is 2.02 bits per heavy atom. The van der Waals surface area contributed by atoms with Gasteiger partial charge in [0.1, 0.15) is 0 Å². The lowest BCUT2D eigenvalue weighted by molar-refractivity contribution is -0.144. The van der Waals surface area contributed by atoms with Crippen molar-refractivity contribution in [3.8, 4) is 0 Å². The molecule has 3 amide bonds. The quantitative estimate of drug-likeness (QED) is 0.344. The second kappa shape index (κ2) is 12.6. The Labute approximate surface area is 254 Å². The lowest BCUT2D eigenvalue weighted by atomic mass is 9.84. The number of halogens is 8. The highest BCUT2D eigenvalue weighted by Gasteiger charge is 2.41. The zero-order valence-electron chi connectivity index (χ0n) is 23.2. The van der Waals surface area contributed by atoms with Gasteiger partial charge in [-0.05, 0) is 55.2 Å². The number of carbonyl (C=O) groups is 3. The second-order valence-electron chi connectivity index (χ2n) is 10.9. The van der Waals surface area contributed by atoms with E-state index in [1.807, 2.05) is 0 Å². The SMILES string of the molecule is CC(=O)N1CCCC(C(=O)N2CC[C@@H](N(C)C(=O)c3cc(C(F)(F)F)cc(C(F)(F)F)c3)[C@H](c3ccc(Cl)c(Cl)c3)C2)C1. The maximum Gasteiger partial charge on any atom is 0.416 e. The van der Waals surface area contributed by atoms with Crippen LogP contribution < -0.4 is 0 Å². The summed E-state index contributed by atoms with van der Waals surface area (Å²) in [5.41, 5.74) is -3.35. The van der Waals surface area contributed by atoms with Crippen LogP contribution in [0.2, 0.25) is 10.0 Å². The van der Waals surface area contributed by atoms with Crippen molar-refractivity contribution in [1.82, 2.24) is 14.7 Å². The third-order valence-corrected chi connectivity index (χ3v) is 8.87. The van der Waals surface area contributed by atoms with Gasteiger partial charge in [-0.3, -0.25) is 14.4 Å². The van der Waals surface area contributed by atoms with Crippen LogP contribution in [0.5, 0.6) is 0 Å². The number of likely N-dealkylation sites (tertiary alicyclic amines) is 2. The minimum atomic E-state index is -5.11. The third-order valence-electron chi connectivity index (χ3n) is 8.13. The maximum atomic E-state index is 13.6. The first-order chi connectivity index (χ1) is 20.0. The summed E-state index contributed by atoms with van der Waals surface area (Å²) < 4.78 is 80.8. The van der Waals surface area contributed by atoms with E-state index < -0.39 is 52.8 Å². The van der Waals surface area contributed by atoms with E-state index in [4.69, 9.17) is 23.2 Å². The molecule has 2 aliphatic rings. The average Bonchev–Trinajstić information content (AvgIpc) is 2.96. The number of rotatable bonds is 4. The van der Waals surface area contributed by atoms with Crippen LogP contribution in [0, 0.1) is 5.92 Å². The summed E-state index contributed by atoms with van der Waals surface area (Å²) in [6.45, 7) is 2.57. The van der Waals surface area contributed by atoms with Crippen molar-refractivity contribution in [1.29, 1.82) is 0 Å². The van der Waals surface area contributed by atoms with Gasteiger partial charge in [0.2, 0.25) is 11.8 Å². The van der Waals surface area contributed by atoms with Crippen molar-refractivity contribution in [2.45, 2.75) is 50.5 Å². The summed E-state index contributed by atoms with van der Waals surface area (Å²) >= 11 is 12.4. The summed E-state index contributed by atoms with van der Waals surface area (Å²) in [7, 11) is 1.31. The van der Waals surface area contributed by atoms with E-state index in [0.29, 0.717) is 37.1 Å². The van der Waals surface area contributed by atoms with Gasteiger partial charge in [0.15, 0.2) is 0 Å². The molecule has 0 saturated carbocycles. The van der Waals surface area contributed by atoms with Crippen molar-refractivity contribution in [2.75, 3.05) is 33.2 Å². The minimum Gasteiger partial charge on any atom is -0.342 e. The molecule has 43 heavy (non-hydrogen) atoms. The van der Waals surface area contributed by atoms with Gasteiger partial charge in [-0.25, -0.2) is 0 Å². The molecule has 6 nitrogen and oxygen atoms in total. The average molecular weight is 652 g/mol. The predicted molar refractivity (Wildman–Crippen MR) is 148 cm³/mol. The highest BCUT2D eigenvalue weighted by molar-refractivity contribution is 6.42. The van der Waals surface area contributed by atoms with Crippen molar-refractivity contribution in [2.24, 2.45) is 5.92 Å². The van der Waals surface area contributed by atoms with Crippen LogP contribution in [0.4, 0.5) is 26.3 Å². The van der Waals surface area contributed by atoms with Crippen LogP contribution in [0.3, 0.4) is 0 Å². The molecule has 14 heteroatoms. The fraction of sp³-hybridized carbons (Fsp3) is 0.483. The Balaban J connectivity index is 1.66. The number of nitrogens with zero attached hydrogens (tertiary/aromatic N) is 3. The molecule has 2 fully saturated rings. The molecule has 4 rings (SSSR count). The van der Waals surface area contributed by atoms with Gasteiger partial charge in [0, 0.05) is 57.7 Å². The van der Waals surface area contributed by atoms with Crippen molar-refractivity contribution in [3.63, 3.8) is 0 Å². The van der Waals surface area contributed by atoms with E-state index in [9.17, 15) is 40.7 Å². The van der Waals surface area contributed by atoms with Crippen LogP contribution in [0.15, 0.2) is 36.4 Å². The molecule has 2 aliphatic heterocycles. The molecular formula is C29H29Cl2F6N3O3. The summed E-state index contributed by atoms with van der Waals surface area (Å²) in [5.74, 6) is -2.35. The first kappa shape index (κ1) is 32.9. The van der Waals surface area contributed by atoms with Crippen LogP contribution in [0.1, 0.15) is 59.2 Å². The van der Waals surface area contributed by atoms with Crippen LogP contribution in [0.25, 0.3) is 0 Å². The van der Waals surface area contributed by atoms with E-state index in [-0.39, 0.29) is 54.0 Å². The number of benzene rings is 2. The number of piperidine rings is 2. The maximum absolute atomic E-state index is 13.6. The highest BCUT2D eigenvalue weighted by atomic mass is 35.5. The fourth-order valence-electron chi connectivity index (χ4n) is 5.83. The largest absolute Gasteiger partial charge is 0.416 e. The van der Waals surface area contributed by atoms with E-state index in [1.54, 1.807) is 21.9 Å². The van der Waals surface area contributed by atoms with Crippen LogP contribution in [-0.2, 0) is 21.9 Å². The monoisotopic (exact) mass is 651 g/mol. The molecule has 3 atom stereocenters. The van der Waals surface area contributed by atoms with E-state index in [2.05, 4.69) is 0 Å². The van der Waals surface area contributed by atoms with Crippen molar-refractivity contribution in [3.05, 3.63) is 68.7 Å². The summed E-state index contributed by atoms with van der Waals surface area (Å²) in [5, 5.41) is 0.456. The van der Waals surface area contributed by atoms with Gasteiger partial charge in [-0.2, -0.15) is 26.3 Å². The number of carbonyl (C=O) groups excluding carboxylic acids is 3. The smallest absolute Gasteiger partial charge is 0.342 e. The van der Waals surface area contributed by atoms with Crippen molar-refractivity contribution < 1.29 is 40.7 Å². The highest BCUT2D eigenvalue weighted by Crippen LogP contribution is 2.38. The molecule has 2 saturated heterocycles. The Bertz CT molecular complexity index is 1370. The normalized spacial score (nSPS) is 21.5. The predicted octanol–water partition coefficient (Wildman–Crippen LogP) is 6.75. The molecule has 234 valence electrons. The summed E-state index contributed by atoms with van der Waals surface area (Å²) in [6, 6.07) is 4.83. The molecule has 0 spiro atoms. The molecule has 2 aromatic rings. The van der Waals surface area contributed by atoms with E-state index in [1.165, 1.54) is 20.0 Å². The number of hydrogen-bond acceptors (Lipinski definition) is 3. The first-order valence-electron chi connectivity index (χ1n) is 13.5. The second-order valence-corrected chi connectivity index (χ2v) is 11.7. The number of alkyl halides is 6.